The predicted molar refractivity (Wildman–Crippen MR) is 84.4 cm³/mol. The molecule has 7 heteroatoms. The predicted octanol–water partition coefficient (Wildman–Crippen LogP) is 2.77. The Bertz CT molecular complexity index is 727. The number of carbonyl (C=O) groups is 2. The van der Waals surface area contributed by atoms with Crippen LogP contribution in [0, 0.1) is 17.8 Å². The summed E-state index contributed by atoms with van der Waals surface area (Å²) in [5.41, 5.74) is 8.26. The van der Waals surface area contributed by atoms with E-state index in [0.29, 0.717) is 0 Å². The van der Waals surface area contributed by atoms with Gasteiger partial charge in [0.15, 0.2) is 5.54 Å². The summed E-state index contributed by atoms with van der Waals surface area (Å²) in [6, 6.07) is 9.22. The van der Waals surface area contributed by atoms with Crippen molar-refractivity contribution in [2.24, 2.45) is 22.9 Å². The first-order valence-corrected chi connectivity index (χ1v) is 7.77. The zero-order valence-corrected chi connectivity index (χ0v) is 13.2. The van der Waals surface area contributed by atoms with Crippen LogP contribution in [-0.4, -0.2) is 24.1 Å². The number of hydrogen-bond donors (Lipinski definition) is 0. The zero-order valence-electron chi connectivity index (χ0n) is 13.2. The molecular formula is C17H17N3O4. The molecule has 0 radical (unpaired) electrons. The van der Waals surface area contributed by atoms with Gasteiger partial charge in [-0.2, -0.15) is 0 Å². The molecule has 24 heavy (non-hydrogen) atoms. The number of carbonyl (C=O) groups excluding carboxylic acids is 2. The van der Waals surface area contributed by atoms with Gasteiger partial charge in [-0.25, -0.2) is 0 Å². The van der Waals surface area contributed by atoms with Gasteiger partial charge < -0.3 is 9.47 Å². The molecule has 0 aliphatic heterocycles. The number of esters is 2. The van der Waals surface area contributed by atoms with Crippen LogP contribution in [0.2, 0.25) is 0 Å². The standard InChI is InChI=1S/C17H17N3O4/c1-2-23-15(21)13-12-8-9-17(14(12)13,19-20-18)16(22)24-10-11-6-4-3-5-7-11/h3-9,12-14H,2,10H2,1H3/t12-,13-,14-,17+/m0/s1. The molecule has 1 fully saturated rings. The van der Waals surface area contributed by atoms with Crippen LogP contribution in [0.4, 0.5) is 0 Å². The Balaban J connectivity index is 1.75. The highest BCUT2D eigenvalue weighted by atomic mass is 16.5. The molecule has 2 aliphatic carbocycles. The van der Waals surface area contributed by atoms with Gasteiger partial charge in [-0.1, -0.05) is 47.6 Å². The van der Waals surface area contributed by atoms with Gasteiger partial charge in [0.05, 0.1) is 12.5 Å². The number of hydrogen-bond acceptors (Lipinski definition) is 5. The quantitative estimate of drug-likeness (QED) is 0.263. The molecule has 1 aromatic carbocycles. The number of ether oxygens (including phenoxy) is 2. The van der Waals surface area contributed by atoms with Crippen LogP contribution < -0.4 is 0 Å². The Morgan fingerprint density at radius 3 is 2.71 bits per heavy atom. The van der Waals surface area contributed by atoms with Gasteiger partial charge in [0.2, 0.25) is 0 Å². The Labute approximate surface area is 138 Å². The summed E-state index contributed by atoms with van der Waals surface area (Å²) < 4.78 is 10.4. The van der Waals surface area contributed by atoms with Crippen LogP contribution >= 0.6 is 0 Å². The first kappa shape index (κ1) is 16.1. The van der Waals surface area contributed by atoms with Crippen molar-refractivity contribution in [3.8, 4) is 0 Å². The normalized spacial score (nSPS) is 29.3. The van der Waals surface area contributed by atoms with E-state index in [1.165, 1.54) is 0 Å². The van der Waals surface area contributed by atoms with E-state index in [9.17, 15) is 9.59 Å². The lowest BCUT2D eigenvalue weighted by atomic mass is 9.94. The second kappa shape index (κ2) is 6.37. The zero-order chi connectivity index (χ0) is 17.2. The molecule has 0 amide bonds. The van der Waals surface area contributed by atoms with Crippen molar-refractivity contribution in [2.75, 3.05) is 6.61 Å². The van der Waals surface area contributed by atoms with Crippen molar-refractivity contribution in [1.82, 2.24) is 0 Å². The van der Waals surface area contributed by atoms with E-state index in [1.54, 1.807) is 19.1 Å². The van der Waals surface area contributed by atoms with Crippen LogP contribution in [0.1, 0.15) is 12.5 Å². The third kappa shape index (κ3) is 2.63. The molecule has 0 heterocycles. The molecule has 7 nitrogen and oxygen atoms in total. The maximum absolute atomic E-state index is 12.6. The smallest absolute Gasteiger partial charge is 0.322 e. The topological polar surface area (TPSA) is 101 Å². The summed E-state index contributed by atoms with van der Waals surface area (Å²) in [7, 11) is 0. The second-order valence-corrected chi connectivity index (χ2v) is 5.82. The van der Waals surface area contributed by atoms with Crippen molar-refractivity contribution in [2.45, 2.75) is 19.1 Å². The van der Waals surface area contributed by atoms with Gasteiger partial charge in [-0.3, -0.25) is 9.59 Å². The number of benzene rings is 1. The minimum Gasteiger partial charge on any atom is -0.466 e. The van der Waals surface area contributed by atoms with Crippen molar-refractivity contribution >= 4 is 11.9 Å². The minimum absolute atomic E-state index is 0.0810. The average Bonchev–Trinajstić information content (AvgIpc) is 3.22. The Morgan fingerprint density at radius 1 is 1.29 bits per heavy atom. The van der Waals surface area contributed by atoms with Crippen LogP contribution in [0.3, 0.4) is 0 Å². The third-order valence-electron chi connectivity index (χ3n) is 4.46. The molecule has 4 atom stereocenters. The second-order valence-electron chi connectivity index (χ2n) is 5.82. The summed E-state index contributed by atoms with van der Waals surface area (Å²) in [6.07, 6.45) is 3.29. The lowest BCUT2D eigenvalue weighted by molar-refractivity contribution is -0.151. The SMILES string of the molecule is CCOC(=O)[C@H]1[C@@H]2C=C[C@](N=[N+]=[N-])(C(=O)OCc3ccccc3)[C@@H]21. The highest BCUT2D eigenvalue weighted by Gasteiger charge is 2.69. The molecule has 0 N–H and O–H groups in total. The fourth-order valence-electron chi connectivity index (χ4n) is 3.31. The van der Waals surface area contributed by atoms with Gasteiger partial charge in [0, 0.05) is 10.8 Å². The fraction of sp³-hybridized carbons (Fsp3) is 0.412. The summed E-state index contributed by atoms with van der Waals surface area (Å²) in [5, 5.41) is 3.69. The highest BCUT2D eigenvalue weighted by Crippen LogP contribution is 2.60. The number of rotatable bonds is 6. The van der Waals surface area contributed by atoms with Crippen LogP contribution in [0.15, 0.2) is 47.6 Å². The third-order valence-corrected chi connectivity index (χ3v) is 4.46. The number of allylic oxidation sites excluding steroid dienone is 1. The lowest BCUT2D eigenvalue weighted by Crippen LogP contribution is -2.38. The fourth-order valence-corrected chi connectivity index (χ4v) is 3.31. The van der Waals surface area contributed by atoms with Crippen LogP contribution in [-0.2, 0) is 25.7 Å². The Morgan fingerprint density at radius 2 is 2.04 bits per heavy atom. The van der Waals surface area contributed by atoms with Crippen molar-refractivity contribution < 1.29 is 19.1 Å². The molecule has 0 unspecified atom stereocenters. The maximum Gasteiger partial charge on any atom is 0.322 e. The highest BCUT2D eigenvalue weighted by molar-refractivity contribution is 5.90. The van der Waals surface area contributed by atoms with Crippen molar-refractivity contribution in [1.29, 1.82) is 0 Å². The van der Waals surface area contributed by atoms with Gasteiger partial charge in [-0.05, 0) is 23.9 Å². The molecule has 1 aromatic rings. The van der Waals surface area contributed by atoms with E-state index >= 15 is 0 Å². The molecule has 0 bridgehead atoms. The molecule has 124 valence electrons. The molecular weight excluding hydrogens is 310 g/mol. The van der Waals surface area contributed by atoms with Crippen LogP contribution in [0.5, 0.6) is 0 Å². The summed E-state index contributed by atoms with van der Waals surface area (Å²) in [6.45, 7) is 2.07. The van der Waals surface area contributed by atoms with Gasteiger partial charge in [0.25, 0.3) is 0 Å². The van der Waals surface area contributed by atoms with E-state index in [4.69, 9.17) is 15.0 Å². The minimum atomic E-state index is -1.47. The van der Waals surface area contributed by atoms with E-state index in [0.717, 1.165) is 5.56 Å². The number of fused-ring (bicyclic) bond motifs is 1. The van der Waals surface area contributed by atoms with Crippen molar-refractivity contribution in [3.05, 3.63) is 58.5 Å². The number of azide groups is 1. The van der Waals surface area contributed by atoms with Gasteiger partial charge >= 0.3 is 11.9 Å². The van der Waals surface area contributed by atoms with E-state index in [2.05, 4.69) is 10.0 Å². The number of nitrogens with zero attached hydrogens (tertiary/aromatic N) is 3. The molecule has 1 saturated carbocycles. The summed E-state index contributed by atoms with van der Waals surface area (Å²) >= 11 is 0. The molecule has 0 spiro atoms. The Kier molecular flexibility index (Phi) is 4.27. The molecule has 3 rings (SSSR count). The molecule has 2 aliphatic rings. The average molecular weight is 327 g/mol. The first-order valence-electron chi connectivity index (χ1n) is 7.77. The van der Waals surface area contributed by atoms with E-state index in [1.807, 2.05) is 30.3 Å². The Hall–Kier alpha value is -2.79. The monoisotopic (exact) mass is 327 g/mol. The largest absolute Gasteiger partial charge is 0.466 e. The maximum atomic E-state index is 12.6. The summed E-state index contributed by atoms with van der Waals surface area (Å²) in [5.74, 6) is -2.02. The molecule has 0 aromatic heterocycles. The van der Waals surface area contributed by atoms with E-state index in [-0.39, 0.29) is 25.1 Å². The first-order chi connectivity index (χ1) is 11.6. The summed E-state index contributed by atoms with van der Waals surface area (Å²) in [4.78, 5) is 27.4. The van der Waals surface area contributed by atoms with Gasteiger partial charge in [-0.15, -0.1) is 0 Å². The van der Waals surface area contributed by atoms with E-state index < -0.39 is 23.3 Å². The molecule has 0 saturated heterocycles. The van der Waals surface area contributed by atoms with Crippen LogP contribution in [0.25, 0.3) is 10.4 Å². The van der Waals surface area contributed by atoms with Crippen molar-refractivity contribution in [3.63, 3.8) is 0 Å². The van der Waals surface area contributed by atoms with Gasteiger partial charge in [0.1, 0.15) is 6.61 Å². The lowest BCUT2D eigenvalue weighted by Gasteiger charge is -2.22.